The van der Waals surface area contributed by atoms with Crippen molar-refractivity contribution in [3.63, 3.8) is 0 Å². The molecule has 0 fully saturated rings. The van der Waals surface area contributed by atoms with E-state index in [4.69, 9.17) is 43.8 Å². The van der Waals surface area contributed by atoms with Crippen LogP contribution in [-0.2, 0) is 69.4 Å². The Morgan fingerprint density at radius 2 is 0.412 bits per heavy atom. The van der Waals surface area contributed by atoms with E-state index >= 15 is 0 Å². The van der Waals surface area contributed by atoms with Gasteiger partial charge in [0.2, 0.25) is 0 Å². The van der Waals surface area contributed by atoms with Gasteiger partial charge < -0.3 is 0 Å². The van der Waals surface area contributed by atoms with E-state index in [1.165, 1.54) is 0 Å². The Morgan fingerprint density at radius 3 is 0.412 bits per heavy atom. The van der Waals surface area contributed by atoms with Crippen LogP contribution in [0.1, 0.15) is 0 Å². The van der Waals surface area contributed by atoms with Gasteiger partial charge in [-0.2, -0.15) is 0 Å². The van der Waals surface area contributed by atoms with E-state index in [1.54, 1.807) is 0 Å². The molecular weight excluding hydrogens is 1030 g/mol. The fraction of sp³-hybridized carbons (Fsp3) is 0. The summed E-state index contributed by atoms with van der Waals surface area (Å²) in [5, 5.41) is 0. The van der Waals surface area contributed by atoms with Crippen LogP contribution in [-0.4, -0.2) is 0 Å². The SMILES string of the molecule is [La+3].[La+3].[O]=[Re](=[O])([O-])[O-].[O]=[Re](=[O])([O-])[O-].[O]=[Re](=[O])([O-])[O-]. The Hall–Kier alpha value is 2.94. The monoisotopic (exact) mass is 1030 g/mol. The molecule has 0 saturated carbocycles. The van der Waals surface area contributed by atoms with Crippen LogP contribution in [0.5, 0.6) is 0 Å². The molecule has 0 heterocycles. The first-order valence-electron chi connectivity index (χ1n) is 1.85. The van der Waals surface area contributed by atoms with Crippen LogP contribution >= 0.6 is 0 Å². The van der Waals surface area contributed by atoms with E-state index in [-0.39, 0.29) is 71.2 Å². The minimum atomic E-state index is -6.11. The van der Waals surface area contributed by atoms with Gasteiger partial charge in [-0.05, 0) is 0 Å². The molecule has 0 aromatic heterocycles. The molecule has 0 aliphatic rings. The summed E-state index contributed by atoms with van der Waals surface area (Å²) in [6.07, 6.45) is 0. The van der Waals surface area contributed by atoms with Crippen molar-refractivity contribution in [1.29, 1.82) is 0 Å². The van der Waals surface area contributed by atoms with E-state index in [0.29, 0.717) is 0 Å². The van der Waals surface area contributed by atoms with E-state index < -0.39 is 48.6 Å². The number of hydrogen-bond donors (Lipinski definition) is 0. The molecule has 0 atom stereocenters. The standard InChI is InChI=1S/2La.12O.3Re/q2*+3;;;;;;;6*-1;;;. The van der Waals surface area contributed by atoms with Crippen LogP contribution in [0.15, 0.2) is 0 Å². The third-order valence-electron chi connectivity index (χ3n) is 0. The summed E-state index contributed by atoms with van der Waals surface area (Å²) < 4.78 is 104. The van der Waals surface area contributed by atoms with Gasteiger partial charge in [0.05, 0.1) is 0 Å². The first kappa shape index (κ1) is 32.0. The Bertz CT molecular complexity index is 341. The third kappa shape index (κ3) is 630. The molecule has 0 bridgehead atoms. The molecule has 0 aliphatic carbocycles. The number of hydrogen-bond acceptors (Lipinski definition) is 12. The van der Waals surface area contributed by atoms with Gasteiger partial charge in [-0.1, -0.05) is 0 Å². The van der Waals surface area contributed by atoms with Crippen LogP contribution in [0.4, 0.5) is 0 Å². The van der Waals surface area contributed by atoms with Crippen LogP contribution in [0.3, 0.4) is 0 Å². The van der Waals surface area contributed by atoms with Crippen LogP contribution in [0.25, 0.3) is 0 Å². The molecule has 12 nitrogen and oxygen atoms in total. The molecule has 99 valence electrons. The van der Waals surface area contributed by atoms with Crippen molar-refractivity contribution in [3.05, 3.63) is 0 Å². The predicted molar refractivity (Wildman–Crippen MR) is 4.12 cm³/mol. The summed E-state index contributed by atoms with van der Waals surface area (Å²) in [4.78, 5) is 0. The average Bonchev–Trinajstić information content (AvgIpc) is 1.41. The summed E-state index contributed by atoms with van der Waals surface area (Å²) in [5.41, 5.74) is 0. The molecule has 0 aromatic carbocycles. The van der Waals surface area contributed by atoms with E-state index in [9.17, 15) is 0 Å². The second-order valence-electron chi connectivity index (χ2n) is 1.13. The summed E-state index contributed by atoms with van der Waals surface area (Å²) >= 11 is -18.3. The molecule has 0 amide bonds. The van der Waals surface area contributed by atoms with Crippen LogP contribution in [0.2, 0.25) is 0 Å². The normalized spacial score (nSPS) is 10.2. The first-order chi connectivity index (χ1) is 6.00. The van der Waals surface area contributed by atoms with Gasteiger partial charge >= 0.3 is 164 Å². The minimum absolute atomic E-state index is 0. The summed E-state index contributed by atoms with van der Waals surface area (Å²) in [6, 6.07) is 0. The van der Waals surface area contributed by atoms with Crippen molar-refractivity contribution in [2.24, 2.45) is 0 Å². The van der Waals surface area contributed by atoms with Gasteiger partial charge in [0.1, 0.15) is 0 Å². The fourth-order valence-corrected chi connectivity index (χ4v) is 0. The van der Waals surface area contributed by atoms with Gasteiger partial charge in [-0.15, -0.1) is 0 Å². The third-order valence-corrected chi connectivity index (χ3v) is 0. The molecule has 0 rings (SSSR count). The van der Waals surface area contributed by atoms with Crippen molar-refractivity contribution >= 4 is 0 Å². The molecule has 0 unspecified atom stereocenters. The summed E-state index contributed by atoms with van der Waals surface area (Å²) in [5.74, 6) is 0. The maximum atomic E-state index is 8.64. The zero-order chi connectivity index (χ0) is 13.5. The predicted octanol–water partition coefficient (Wildman–Crippen LogP) is -7.85. The molecule has 17 heavy (non-hydrogen) atoms. The first-order valence-corrected chi connectivity index (χ1v) is 15.2. The number of rotatable bonds is 0. The van der Waals surface area contributed by atoms with Crippen molar-refractivity contribution in [3.8, 4) is 0 Å². The molecule has 0 spiro atoms. The van der Waals surface area contributed by atoms with Crippen molar-refractivity contribution in [2.45, 2.75) is 0 Å². The van der Waals surface area contributed by atoms with Gasteiger partial charge in [0.25, 0.3) is 0 Å². The van der Waals surface area contributed by atoms with Gasteiger partial charge in [0.15, 0.2) is 0 Å². The zero-order valence-corrected chi connectivity index (χ0v) is 22.6. The van der Waals surface area contributed by atoms with Crippen molar-refractivity contribution in [2.75, 3.05) is 0 Å². The summed E-state index contributed by atoms with van der Waals surface area (Å²) in [6.45, 7) is 0. The maximum absolute atomic E-state index is 8.64. The topological polar surface area (TPSA) is 241 Å². The molecular formula is La2O12Re3. The van der Waals surface area contributed by atoms with Gasteiger partial charge in [0, 0.05) is 0 Å². The molecule has 0 N–H and O–H groups in total. The average molecular weight is 1030 g/mol. The Morgan fingerprint density at radius 1 is 0.412 bits per heavy atom. The molecule has 0 radical (unpaired) electrons. The fourth-order valence-electron chi connectivity index (χ4n) is 0. The molecule has 17 heteroatoms. The van der Waals surface area contributed by atoms with Crippen LogP contribution in [0, 0.1) is 71.2 Å². The summed E-state index contributed by atoms with van der Waals surface area (Å²) in [7, 11) is 0. The second-order valence-corrected chi connectivity index (χ2v) is 9.28. The Labute approximate surface area is 160 Å². The van der Waals surface area contributed by atoms with Gasteiger partial charge in [-0.25, -0.2) is 0 Å². The van der Waals surface area contributed by atoms with Crippen molar-refractivity contribution < 1.29 is 164 Å². The second kappa shape index (κ2) is 13.9. The zero-order valence-electron chi connectivity index (χ0n) is 7.19. The molecule has 0 aliphatic heterocycles. The van der Waals surface area contributed by atoms with Crippen LogP contribution < -0.4 is 23.0 Å². The Balaban J connectivity index is -0.0000000400. The van der Waals surface area contributed by atoms with Gasteiger partial charge in [-0.3, -0.25) is 0 Å². The quantitative estimate of drug-likeness (QED) is 0.220. The van der Waals surface area contributed by atoms with E-state index in [0.717, 1.165) is 0 Å². The Kier molecular flexibility index (Phi) is 26.2. The molecule has 0 aromatic rings. The van der Waals surface area contributed by atoms with E-state index in [1.807, 2.05) is 0 Å². The van der Waals surface area contributed by atoms with E-state index in [2.05, 4.69) is 0 Å². The molecule has 0 saturated heterocycles. The van der Waals surface area contributed by atoms with Crippen molar-refractivity contribution in [1.82, 2.24) is 0 Å².